The first-order chi connectivity index (χ1) is 12.6. The Balaban J connectivity index is 1.64. The highest BCUT2D eigenvalue weighted by Gasteiger charge is 2.37. The number of carbonyl (C=O) groups is 1. The van der Waals surface area contributed by atoms with Crippen LogP contribution in [0.2, 0.25) is 0 Å². The summed E-state index contributed by atoms with van der Waals surface area (Å²) in [6.45, 7) is 3.78. The Morgan fingerprint density at radius 2 is 2.04 bits per heavy atom. The van der Waals surface area contributed by atoms with Crippen LogP contribution in [0.1, 0.15) is 47.7 Å². The Labute approximate surface area is 151 Å². The van der Waals surface area contributed by atoms with Crippen molar-refractivity contribution in [3.05, 3.63) is 65.8 Å². The average molecular weight is 348 g/mol. The lowest BCUT2D eigenvalue weighted by molar-refractivity contribution is 0.0670. The lowest BCUT2D eigenvalue weighted by Gasteiger charge is -2.29. The topological polar surface area (TPSA) is 72.1 Å². The average Bonchev–Trinajstić information content (AvgIpc) is 3.41. The maximum absolute atomic E-state index is 13.3. The molecule has 1 aliphatic rings. The Kier molecular flexibility index (Phi) is 4.24. The van der Waals surface area contributed by atoms with Gasteiger partial charge in [0.2, 0.25) is 11.8 Å². The fourth-order valence-electron chi connectivity index (χ4n) is 3.12. The minimum Gasteiger partial charge on any atom is -0.421 e. The number of pyridine rings is 1. The first-order valence-corrected chi connectivity index (χ1v) is 8.77. The minimum absolute atomic E-state index is 0.00346. The van der Waals surface area contributed by atoms with E-state index in [1.165, 1.54) is 0 Å². The first kappa shape index (κ1) is 16.4. The summed E-state index contributed by atoms with van der Waals surface area (Å²) in [6, 6.07) is 13.4. The molecule has 3 aromatic rings. The monoisotopic (exact) mass is 348 g/mol. The van der Waals surface area contributed by atoms with Crippen LogP contribution in [0.25, 0.3) is 11.5 Å². The van der Waals surface area contributed by atoms with Gasteiger partial charge in [-0.05, 0) is 50.1 Å². The fourth-order valence-corrected chi connectivity index (χ4v) is 3.12. The van der Waals surface area contributed by atoms with Crippen LogP contribution in [0.15, 0.2) is 53.1 Å². The number of amides is 1. The van der Waals surface area contributed by atoms with Gasteiger partial charge in [-0.1, -0.05) is 12.1 Å². The number of rotatable bonds is 5. The van der Waals surface area contributed by atoms with E-state index < -0.39 is 0 Å². The number of hydrogen-bond donors (Lipinski definition) is 0. The Morgan fingerprint density at radius 1 is 1.19 bits per heavy atom. The zero-order valence-electron chi connectivity index (χ0n) is 14.8. The third-order valence-corrected chi connectivity index (χ3v) is 4.59. The normalized spacial score (nSPS) is 14.8. The van der Waals surface area contributed by atoms with Gasteiger partial charge in [0.05, 0.1) is 11.7 Å². The molecule has 2 aromatic heterocycles. The molecular weight excluding hydrogens is 328 g/mol. The van der Waals surface area contributed by atoms with Crippen molar-refractivity contribution >= 4 is 5.91 Å². The summed E-state index contributed by atoms with van der Waals surface area (Å²) >= 11 is 0. The summed E-state index contributed by atoms with van der Waals surface area (Å²) in [5.74, 6) is 0.928. The molecule has 1 atom stereocenters. The number of nitrogens with zero attached hydrogens (tertiary/aromatic N) is 4. The lowest BCUT2D eigenvalue weighted by atomic mass is 10.1. The van der Waals surface area contributed by atoms with Crippen molar-refractivity contribution in [2.45, 2.75) is 38.8 Å². The van der Waals surface area contributed by atoms with Crippen LogP contribution in [0.5, 0.6) is 0 Å². The predicted molar refractivity (Wildman–Crippen MR) is 96.3 cm³/mol. The lowest BCUT2D eigenvalue weighted by Crippen LogP contribution is -2.36. The van der Waals surface area contributed by atoms with Crippen LogP contribution in [0.3, 0.4) is 0 Å². The van der Waals surface area contributed by atoms with Crippen LogP contribution in [-0.2, 0) is 0 Å². The molecule has 132 valence electrons. The summed E-state index contributed by atoms with van der Waals surface area (Å²) in [5, 5.41) is 7.90. The Hall–Kier alpha value is -3.02. The first-order valence-electron chi connectivity index (χ1n) is 8.77. The molecule has 1 aliphatic carbocycles. The number of aromatic nitrogens is 3. The maximum atomic E-state index is 13.3. The molecule has 2 heterocycles. The number of aryl methyl sites for hydroxylation is 1. The molecule has 26 heavy (non-hydrogen) atoms. The summed E-state index contributed by atoms with van der Waals surface area (Å²) in [4.78, 5) is 19.6. The summed E-state index contributed by atoms with van der Waals surface area (Å²) < 4.78 is 5.48. The van der Waals surface area contributed by atoms with Gasteiger partial charge < -0.3 is 9.32 Å². The second-order valence-corrected chi connectivity index (χ2v) is 6.58. The largest absolute Gasteiger partial charge is 0.421 e. The van der Waals surface area contributed by atoms with E-state index in [0.29, 0.717) is 17.3 Å². The van der Waals surface area contributed by atoms with E-state index in [0.717, 1.165) is 24.1 Å². The van der Waals surface area contributed by atoms with Gasteiger partial charge in [-0.15, -0.1) is 10.2 Å². The molecule has 1 fully saturated rings. The van der Waals surface area contributed by atoms with Gasteiger partial charge in [0.15, 0.2) is 0 Å². The van der Waals surface area contributed by atoms with Crippen LogP contribution in [0, 0.1) is 6.92 Å². The zero-order chi connectivity index (χ0) is 18.1. The molecule has 0 N–H and O–H groups in total. The van der Waals surface area contributed by atoms with E-state index >= 15 is 0 Å². The fraction of sp³-hybridized carbons (Fsp3) is 0.300. The van der Waals surface area contributed by atoms with Gasteiger partial charge in [-0.2, -0.15) is 0 Å². The highest BCUT2D eigenvalue weighted by molar-refractivity contribution is 5.95. The quantitative estimate of drug-likeness (QED) is 0.701. The van der Waals surface area contributed by atoms with Crippen molar-refractivity contribution in [3.8, 4) is 11.5 Å². The molecule has 0 aliphatic heterocycles. The molecule has 0 radical (unpaired) electrons. The molecule has 0 unspecified atom stereocenters. The van der Waals surface area contributed by atoms with Crippen LogP contribution in [0.4, 0.5) is 0 Å². The summed E-state index contributed by atoms with van der Waals surface area (Å²) in [5.41, 5.74) is 2.27. The molecule has 6 nitrogen and oxygen atoms in total. The second kappa shape index (κ2) is 6.71. The van der Waals surface area contributed by atoms with E-state index in [-0.39, 0.29) is 18.0 Å². The standard InChI is InChI=1S/C20H20N4O2/c1-13(18-8-3-4-11-21-18)24(17-9-10-17)20(25)16-7-5-6-15(12-16)19-23-22-14(2)26-19/h3-8,11-13,17H,9-10H2,1-2H3/t13-/m0/s1. The molecule has 1 aromatic carbocycles. The maximum Gasteiger partial charge on any atom is 0.254 e. The van der Waals surface area contributed by atoms with Crippen molar-refractivity contribution < 1.29 is 9.21 Å². The van der Waals surface area contributed by atoms with Gasteiger partial charge in [-0.25, -0.2) is 0 Å². The third kappa shape index (κ3) is 3.22. The predicted octanol–water partition coefficient (Wildman–Crippen LogP) is 3.81. The number of benzene rings is 1. The van der Waals surface area contributed by atoms with Crippen LogP contribution in [-0.4, -0.2) is 32.0 Å². The molecule has 1 saturated carbocycles. The van der Waals surface area contributed by atoms with Crippen molar-refractivity contribution in [1.29, 1.82) is 0 Å². The number of carbonyl (C=O) groups excluding carboxylic acids is 1. The van der Waals surface area contributed by atoms with E-state index in [1.807, 2.05) is 54.3 Å². The zero-order valence-corrected chi connectivity index (χ0v) is 14.8. The molecule has 4 rings (SSSR count). The minimum atomic E-state index is -0.0782. The Morgan fingerprint density at radius 3 is 2.69 bits per heavy atom. The molecule has 1 amide bonds. The molecule has 6 heteroatoms. The van der Waals surface area contributed by atoms with E-state index in [9.17, 15) is 4.79 Å². The van der Waals surface area contributed by atoms with Crippen molar-refractivity contribution in [2.24, 2.45) is 0 Å². The van der Waals surface area contributed by atoms with Crippen molar-refractivity contribution in [3.63, 3.8) is 0 Å². The SMILES string of the molecule is Cc1nnc(-c2cccc(C(=O)N(C3CC3)[C@@H](C)c3ccccn3)c2)o1. The second-order valence-electron chi connectivity index (χ2n) is 6.58. The van der Waals surface area contributed by atoms with Gasteiger partial charge >= 0.3 is 0 Å². The highest BCUT2D eigenvalue weighted by atomic mass is 16.4. The van der Waals surface area contributed by atoms with Gasteiger partial charge in [-0.3, -0.25) is 9.78 Å². The smallest absolute Gasteiger partial charge is 0.254 e. The van der Waals surface area contributed by atoms with Gasteiger partial charge in [0.1, 0.15) is 0 Å². The van der Waals surface area contributed by atoms with E-state index in [4.69, 9.17) is 4.42 Å². The highest BCUT2D eigenvalue weighted by Crippen LogP contribution is 2.35. The molecular formula is C20H20N4O2. The van der Waals surface area contributed by atoms with E-state index in [2.05, 4.69) is 15.2 Å². The Bertz CT molecular complexity index is 918. The van der Waals surface area contributed by atoms with Crippen molar-refractivity contribution in [2.75, 3.05) is 0 Å². The summed E-state index contributed by atoms with van der Waals surface area (Å²) in [6.07, 6.45) is 3.83. The molecule has 0 saturated heterocycles. The van der Waals surface area contributed by atoms with Crippen LogP contribution >= 0.6 is 0 Å². The van der Waals surface area contributed by atoms with Crippen LogP contribution < -0.4 is 0 Å². The molecule has 0 spiro atoms. The van der Waals surface area contributed by atoms with Crippen molar-refractivity contribution in [1.82, 2.24) is 20.1 Å². The van der Waals surface area contributed by atoms with Gasteiger partial charge in [0, 0.05) is 30.3 Å². The van der Waals surface area contributed by atoms with E-state index in [1.54, 1.807) is 13.1 Å². The third-order valence-electron chi connectivity index (χ3n) is 4.59. The summed E-state index contributed by atoms with van der Waals surface area (Å²) in [7, 11) is 0. The van der Waals surface area contributed by atoms with Gasteiger partial charge in [0.25, 0.3) is 5.91 Å². The molecule has 0 bridgehead atoms. The number of hydrogen-bond acceptors (Lipinski definition) is 5.